The molecule has 1 aromatic carbocycles. The molecule has 6 nitrogen and oxygen atoms in total. The maximum atomic E-state index is 13.0. The number of carbonyl (C=O) groups excluding carboxylic acids is 1. The van der Waals surface area contributed by atoms with Crippen LogP contribution in [-0.2, 0) is 17.8 Å². The molecule has 9 heteroatoms. The van der Waals surface area contributed by atoms with Gasteiger partial charge in [0.05, 0.1) is 5.69 Å². The zero-order valence-corrected chi connectivity index (χ0v) is 20.4. The number of aromatic nitrogens is 1. The second-order valence-electron chi connectivity index (χ2n) is 9.41. The van der Waals surface area contributed by atoms with Gasteiger partial charge in [0.15, 0.2) is 13.2 Å². The Morgan fingerprint density at radius 1 is 1.21 bits per heavy atom. The lowest BCUT2D eigenvalue weighted by atomic mass is 9.84. The van der Waals surface area contributed by atoms with Gasteiger partial charge in [-0.1, -0.05) is 29.5 Å². The van der Waals surface area contributed by atoms with E-state index in [0.29, 0.717) is 16.9 Å². The van der Waals surface area contributed by atoms with Gasteiger partial charge in [0, 0.05) is 30.9 Å². The van der Waals surface area contributed by atoms with Crippen molar-refractivity contribution in [3.05, 3.63) is 40.9 Å². The van der Waals surface area contributed by atoms with Gasteiger partial charge in [-0.3, -0.25) is 9.69 Å². The number of alkyl halides is 2. The Bertz CT molecular complexity index is 927. The van der Waals surface area contributed by atoms with Crippen molar-refractivity contribution in [2.75, 3.05) is 26.3 Å². The van der Waals surface area contributed by atoms with E-state index < -0.39 is 12.5 Å². The molecule has 0 bridgehead atoms. The fraction of sp³-hybridized carbons (Fsp3) is 0.600. The summed E-state index contributed by atoms with van der Waals surface area (Å²) in [6, 6.07) is 9.60. The summed E-state index contributed by atoms with van der Waals surface area (Å²) in [6.07, 6.45) is 6.25. The number of halogens is 2. The average Bonchev–Trinajstić information content (AvgIpc) is 3.24. The van der Waals surface area contributed by atoms with Crippen LogP contribution in [0, 0.1) is 5.92 Å². The van der Waals surface area contributed by atoms with Crippen molar-refractivity contribution >= 4 is 17.2 Å². The van der Waals surface area contributed by atoms with E-state index in [1.807, 2.05) is 30.3 Å². The molecule has 1 aromatic heterocycles. The Morgan fingerprint density at radius 3 is 2.71 bits per heavy atom. The number of carbonyl (C=O) groups is 1. The van der Waals surface area contributed by atoms with Gasteiger partial charge in [-0.05, 0) is 63.1 Å². The molecule has 34 heavy (non-hydrogen) atoms. The van der Waals surface area contributed by atoms with Crippen LogP contribution in [-0.4, -0.2) is 54.1 Å². The molecule has 0 saturated heterocycles. The maximum absolute atomic E-state index is 13.0. The van der Waals surface area contributed by atoms with Crippen LogP contribution >= 0.6 is 11.3 Å². The highest BCUT2D eigenvalue weighted by atomic mass is 32.1. The summed E-state index contributed by atoms with van der Waals surface area (Å²) >= 11 is 1.39. The molecule has 1 aliphatic heterocycles. The second kappa shape index (κ2) is 11.4. The number of fused-ring (bicyclic) bond motifs is 1. The molecule has 4 rings (SSSR count). The van der Waals surface area contributed by atoms with Crippen molar-refractivity contribution in [2.45, 2.75) is 64.0 Å². The molecule has 1 saturated carbocycles. The van der Waals surface area contributed by atoms with E-state index in [0.717, 1.165) is 75.7 Å². The number of para-hydroxylation sites is 1. The third-order valence-electron chi connectivity index (χ3n) is 6.41. The Balaban J connectivity index is 1.13. The molecule has 1 N–H and O–H groups in total. The van der Waals surface area contributed by atoms with E-state index >= 15 is 0 Å². The summed E-state index contributed by atoms with van der Waals surface area (Å²) in [5.41, 5.74) is 0.967. The summed E-state index contributed by atoms with van der Waals surface area (Å²) < 4.78 is 36.8. The summed E-state index contributed by atoms with van der Waals surface area (Å²) in [6.45, 7) is 2.99. The van der Waals surface area contributed by atoms with E-state index in [4.69, 9.17) is 9.47 Å². The van der Waals surface area contributed by atoms with Gasteiger partial charge < -0.3 is 14.8 Å². The molecule has 1 amide bonds. The van der Waals surface area contributed by atoms with Crippen molar-refractivity contribution in [2.24, 2.45) is 5.92 Å². The van der Waals surface area contributed by atoms with Crippen LogP contribution in [0.3, 0.4) is 0 Å². The fourth-order valence-electron chi connectivity index (χ4n) is 4.57. The lowest BCUT2D eigenvalue weighted by Crippen LogP contribution is -2.40. The van der Waals surface area contributed by atoms with Crippen molar-refractivity contribution in [1.29, 1.82) is 0 Å². The number of hydrogen-bond acceptors (Lipinski definition) is 6. The minimum Gasteiger partial charge on any atom is -0.484 e. The predicted octanol–water partition coefficient (Wildman–Crippen LogP) is 4.68. The molecule has 2 heterocycles. The second-order valence-corrected chi connectivity index (χ2v) is 10.5. The number of amides is 1. The van der Waals surface area contributed by atoms with Crippen LogP contribution in [0.5, 0.6) is 10.9 Å². The third-order valence-corrected chi connectivity index (χ3v) is 7.48. The quantitative estimate of drug-likeness (QED) is 0.521. The van der Waals surface area contributed by atoms with Crippen molar-refractivity contribution in [3.8, 4) is 10.9 Å². The first-order valence-electron chi connectivity index (χ1n) is 12.0. The Kier molecular flexibility index (Phi) is 8.37. The van der Waals surface area contributed by atoms with E-state index in [1.54, 1.807) is 0 Å². The molecule has 2 aromatic rings. The number of benzene rings is 1. The molecule has 186 valence electrons. The number of thiazole rings is 1. The highest BCUT2D eigenvalue weighted by Crippen LogP contribution is 2.32. The summed E-state index contributed by atoms with van der Waals surface area (Å²) in [7, 11) is 0. The van der Waals surface area contributed by atoms with Crippen LogP contribution in [0.4, 0.5) is 8.78 Å². The van der Waals surface area contributed by atoms with Gasteiger partial charge in [-0.2, -0.15) is 0 Å². The van der Waals surface area contributed by atoms with Crippen LogP contribution in [0.2, 0.25) is 0 Å². The largest absolute Gasteiger partial charge is 0.484 e. The van der Waals surface area contributed by atoms with Crippen LogP contribution in [0.1, 0.15) is 49.6 Å². The molecule has 2 aliphatic rings. The number of ether oxygens (including phenoxy) is 2. The standard InChI is InChI=1S/C25H33F2N3O3S/c1-25(26,27)17-33-24-29-21-15-30(14-12-22(21)34-24)13-11-18-7-9-19(10-8-18)28-23(31)16-32-20-5-3-2-4-6-20/h2-6,18-19H,7-17H2,1H3,(H,28,31)/t18-,19-. The number of rotatable bonds is 10. The van der Waals surface area contributed by atoms with Crippen molar-refractivity contribution in [1.82, 2.24) is 15.2 Å². The summed E-state index contributed by atoms with van der Waals surface area (Å²) in [5, 5.41) is 3.46. The molecule has 1 aliphatic carbocycles. The first kappa shape index (κ1) is 24.9. The van der Waals surface area contributed by atoms with Gasteiger partial charge in [-0.25, -0.2) is 13.8 Å². The minimum absolute atomic E-state index is 0.0468. The van der Waals surface area contributed by atoms with Gasteiger partial charge >= 0.3 is 0 Å². The van der Waals surface area contributed by atoms with E-state index in [1.165, 1.54) is 11.3 Å². The summed E-state index contributed by atoms with van der Waals surface area (Å²) in [5.74, 6) is -1.55. The fourth-order valence-corrected chi connectivity index (χ4v) is 5.47. The zero-order chi connectivity index (χ0) is 24.0. The van der Waals surface area contributed by atoms with E-state index in [-0.39, 0.29) is 18.6 Å². The first-order valence-corrected chi connectivity index (χ1v) is 12.8. The van der Waals surface area contributed by atoms with Gasteiger partial charge in [0.1, 0.15) is 5.75 Å². The van der Waals surface area contributed by atoms with Crippen LogP contribution in [0.15, 0.2) is 30.3 Å². The van der Waals surface area contributed by atoms with Crippen molar-refractivity contribution in [3.63, 3.8) is 0 Å². The molecular weight excluding hydrogens is 460 g/mol. The van der Waals surface area contributed by atoms with Gasteiger partial charge in [0.25, 0.3) is 17.0 Å². The Morgan fingerprint density at radius 2 is 1.97 bits per heavy atom. The molecule has 0 spiro atoms. The van der Waals surface area contributed by atoms with Crippen LogP contribution in [0.25, 0.3) is 0 Å². The number of nitrogens with zero attached hydrogens (tertiary/aromatic N) is 2. The molecule has 0 atom stereocenters. The molecule has 1 fully saturated rings. The highest BCUT2D eigenvalue weighted by molar-refractivity contribution is 7.13. The number of nitrogens with one attached hydrogen (secondary N) is 1. The SMILES string of the molecule is CC(F)(F)COc1nc2c(s1)CCN(CC[C@H]1CC[C@H](NC(=O)COc3ccccc3)CC1)C2. The highest BCUT2D eigenvalue weighted by Gasteiger charge is 2.27. The topological polar surface area (TPSA) is 63.7 Å². The smallest absolute Gasteiger partial charge is 0.278 e. The van der Waals surface area contributed by atoms with Gasteiger partial charge in [-0.15, -0.1) is 0 Å². The van der Waals surface area contributed by atoms with Crippen LogP contribution < -0.4 is 14.8 Å². The molecular formula is C25H33F2N3O3S. The number of hydrogen-bond donors (Lipinski definition) is 1. The Labute approximate surface area is 203 Å². The lowest BCUT2D eigenvalue weighted by molar-refractivity contribution is -0.124. The summed E-state index contributed by atoms with van der Waals surface area (Å²) in [4.78, 5) is 20.2. The van der Waals surface area contributed by atoms with Gasteiger partial charge in [0.2, 0.25) is 0 Å². The molecule has 0 unspecified atom stereocenters. The molecule has 0 radical (unpaired) electrons. The zero-order valence-electron chi connectivity index (χ0n) is 19.6. The van der Waals surface area contributed by atoms with E-state index in [2.05, 4.69) is 15.2 Å². The first-order chi connectivity index (χ1) is 16.3. The minimum atomic E-state index is -2.85. The van der Waals surface area contributed by atoms with Crippen molar-refractivity contribution < 1.29 is 23.0 Å². The third kappa shape index (κ3) is 7.63. The van der Waals surface area contributed by atoms with E-state index in [9.17, 15) is 13.6 Å². The maximum Gasteiger partial charge on any atom is 0.278 e. The lowest BCUT2D eigenvalue weighted by Gasteiger charge is -2.32. The normalized spacial score (nSPS) is 21.0. The Hall–Kier alpha value is -2.26. The average molecular weight is 494 g/mol. The predicted molar refractivity (Wildman–Crippen MR) is 128 cm³/mol. The monoisotopic (exact) mass is 493 g/mol.